The van der Waals surface area contributed by atoms with Crippen molar-refractivity contribution in [1.29, 1.82) is 0 Å². The molecule has 1 aromatic carbocycles. The predicted molar refractivity (Wildman–Crippen MR) is 71.1 cm³/mol. The van der Waals surface area contributed by atoms with Gasteiger partial charge in [0.2, 0.25) is 0 Å². The third-order valence-corrected chi connectivity index (χ3v) is 3.70. The van der Waals surface area contributed by atoms with Crippen LogP contribution in [0.5, 0.6) is 5.75 Å². The standard InChI is InChI=1S/C13H18BrNO2/c1-13(2)9-15(5-6-17-13)8-10-7-11(16)3-4-12(10)14/h3-4,7,16H,5-6,8-9H2,1-2H3. The largest absolute Gasteiger partial charge is 0.508 e. The van der Waals surface area contributed by atoms with Crippen LogP contribution in [-0.2, 0) is 11.3 Å². The van der Waals surface area contributed by atoms with Crippen LogP contribution in [0, 0.1) is 0 Å². The number of hydrogen-bond acceptors (Lipinski definition) is 3. The highest BCUT2D eigenvalue weighted by atomic mass is 79.9. The lowest BCUT2D eigenvalue weighted by Crippen LogP contribution is -2.47. The summed E-state index contributed by atoms with van der Waals surface area (Å²) in [4.78, 5) is 2.35. The van der Waals surface area contributed by atoms with Gasteiger partial charge in [-0.1, -0.05) is 15.9 Å². The molecule has 94 valence electrons. The molecule has 4 heteroatoms. The van der Waals surface area contributed by atoms with Crippen molar-refractivity contribution in [2.45, 2.75) is 26.0 Å². The summed E-state index contributed by atoms with van der Waals surface area (Å²) in [7, 11) is 0. The first kappa shape index (κ1) is 12.9. The Morgan fingerprint density at radius 2 is 2.24 bits per heavy atom. The molecule has 0 radical (unpaired) electrons. The van der Waals surface area contributed by atoms with Crippen molar-refractivity contribution in [3.63, 3.8) is 0 Å². The lowest BCUT2D eigenvalue weighted by Gasteiger charge is -2.38. The van der Waals surface area contributed by atoms with E-state index < -0.39 is 0 Å². The van der Waals surface area contributed by atoms with Gasteiger partial charge in [0, 0.05) is 24.1 Å². The number of phenols is 1. The Morgan fingerprint density at radius 3 is 2.94 bits per heavy atom. The molecule has 0 atom stereocenters. The van der Waals surface area contributed by atoms with Gasteiger partial charge in [-0.25, -0.2) is 0 Å². The Balaban J connectivity index is 2.07. The van der Waals surface area contributed by atoms with Crippen LogP contribution in [-0.4, -0.2) is 35.3 Å². The van der Waals surface area contributed by atoms with E-state index in [0.717, 1.165) is 36.3 Å². The average Bonchev–Trinajstić information content (AvgIpc) is 2.22. The maximum Gasteiger partial charge on any atom is 0.115 e. The molecule has 1 heterocycles. The van der Waals surface area contributed by atoms with E-state index in [2.05, 4.69) is 34.7 Å². The molecule has 1 fully saturated rings. The zero-order valence-electron chi connectivity index (χ0n) is 10.2. The monoisotopic (exact) mass is 299 g/mol. The van der Waals surface area contributed by atoms with Crippen molar-refractivity contribution in [3.05, 3.63) is 28.2 Å². The van der Waals surface area contributed by atoms with Crippen LogP contribution in [0.3, 0.4) is 0 Å². The SMILES string of the molecule is CC1(C)CN(Cc2cc(O)ccc2Br)CCO1. The third kappa shape index (κ3) is 3.44. The van der Waals surface area contributed by atoms with Crippen molar-refractivity contribution >= 4 is 15.9 Å². The van der Waals surface area contributed by atoms with Crippen molar-refractivity contribution in [1.82, 2.24) is 4.90 Å². The fourth-order valence-electron chi connectivity index (χ4n) is 2.17. The van der Waals surface area contributed by atoms with Crippen LogP contribution >= 0.6 is 15.9 Å². The Labute approximate surface area is 111 Å². The zero-order chi connectivity index (χ0) is 12.5. The Hall–Kier alpha value is -0.580. The molecule has 1 aromatic rings. The molecule has 0 amide bonds. The smallest absolute Gasteiger partial charge is 0.115 e. The molecule has 0 aliphatic carbocycles. The van der Waals surface area contributed by atoms with Gasteiger partial charge < -0.3 is 9.84 Å². The van der Waals surface area contributed by atoms with Gasteiger partial charge in [0.15, 0.2) is 0 Å². The van der Waals surface area contributed by atoms with Crippen LogP contribution < -0.4 is 0 Å². The molecule has 0 spiro atoms. The number of hydrogen-bond donors (Lipinski definition) is 1. The summed E-state index contributed by atoms with van der Waals surface area (Å²) in [5, 5.41) is 9.51. The number of phenolic OH excluding ortho intramolecular Hbond substituents is 1. The van der Waals surface area contributed by atoms with E-state index in [4.69, 9.17) is 4.74 Å². The number of benzene rings is 1. The number of halogens is 1. The zero-order valence-corrected chi connectivity index (χ0v) is 11.8. The average molecular weight is 300 g/mol. The summed E-state index contributed by atoms with van der Waals surface area (Å²) in [6, 6.07) is 5.39. The number of morpholine rings is 1. The molecule has 0 unspecified atom stereocenters. The second-order valence-corrected chi connectivity index (χ2v) is 5.95. The first-order chi connectivity index (χ1) is 7.96. The van der Waals surface area contributed by atoms with Crippen LogP contribution in [0.1, 0.15) is 19.4 Å². The molecular weight excluding hydrogens is 282 g/mol. The lowest BCUT2D eigenvalue weighted by molar-refractivity contribution is -0.0883. The number of nitrogens with zero attached hydrogens (tertiary/aromatic N) is 1. The van der Waals surface area contributed by atoms with E-state index in [1.807, 2.05) is 12.1 Å². The second kappa shape index (κ2) is 4.96. The molecule has 1 N–H and O–H groups in total. The normalized spacial score (nSPS) is 20.4. The van der Waals surface area contributed by atoms with Gasteiger partial charge in [-0.3, -0.25) is 4.90 Å². The predicted octanol–water partition coefficient (Wildman–Crippen LogP) is 2.77. The molecule has 0 aromatic heterocycles. The van der Waals surface area contributed by atoms with Crippen LogP contribution in [0.15, 0.2) is 22.7 Å². The Morgan fingerprint density at radius 1 is 1.47 bits per heavy atom. The highest BCUT2D eigenvalue weighted by Gasteiger charge is 2.27. The van der Waals surface area contributed by atoms with E-state index in [-0.39, 0.29) is 5.60 Å². The van der Waals surface area contributed by atoms with Crippen molar-refractivity contribution in [3.8, 4) is 5.75 Å². The Kier molecular flexibility index (Phi) is 3.76. The number of aromatic hydroxyl groups is 1. The van der Waals surface area contributed by atoms with Crippen molar-refractivity contribution in [2.24, 2.45) is 0 Å². The van der Waals surface area contributed by atoms with E-state index in [9.17, 15) is 5.11 Å². The van der Waals surface area contributed by atoms with Crippen LogP contribution in [0.2, 0.25) is 0 Å². The second-order valence-electron chi connectivity index (χ2n) is 5.09. The van der Waals surface area contributed by atoms with Crippen molar-refractivity contribution in [2.75, 3.05) is 19.7 Å². The topological polar surface area (TPSA) is 32.7 Å². The summed E-state index contributed by atoms with van der Waals surface area (Å²) in [6.45, 7) is 7.67. The van der Waals surface area contributed by atoms with Gasteiger partial charge in [-0.2, -0.15) is 0 Å². The summed E-state index contributed by atoms with van der Waals surface area (Å²) in [6.07, 6.45) is 0. The van der Waals surface area contributed by atoms with Gasteiger partial charge in [0.05, 0.1) is 12.2 Å². The molecule has 1 aliphatic heterocycles. The third-order valence-electron chi connectivity index (χ3n) is 2.93. The highest BCUT2D eigenvalue weighted by Crippen LogP contribution is 2.25. The summed E-state index contributed by atoms with van der Waals surface area (Å²) < 4.78 is 6.73. The van der Waals surface area contributed by atoms with Gasteiger partial charge in [-0.05, 0) is 37.6 Å². The maximum atomic E-state index is 9.51. The number of ether oxygens (including phenoxy) is 1. The van der Waals surface area contributed by atoms with Gasteiger partial charge >= 0.3 is 0 Å². The fourth-order valence-corrected chi connectivity index (χ4v) is 2.54. The van der Waals surface area contributed by atoms with Crippen LogP contribution in [0.4, 0.5) is 0 Å². The maximum absolute atomic E-state index is 9.51. The first-order valence-electron chi connectivity index (χ1n) is 5.80. The first-order valence-corrected chi connectivity index (χ1v) is 6.59. The van der Waals surface area contributed by atoms with E-state index in [1.54, 1.807) is 6.07 Å². The molecule has 0 bridgehead atoms. The molecular formula is C13H18BrNO2. The van der Waals surface area contributed by atoms with E-state index in [0.29, 0.717) is 5.75 Å². The van der Waals surface area contributed by atoms with Gasteiger partial charge in [-0.15, -0.1) is 0 Å². The molecule has 0 saturated carbocycles. The fraction of sp³-hybridized carbons (Fsp3) is 0.538. The van der Waals surface area contributed by atoms with E-state index in [1.165, 1.54) is 0 Å². The quantitative estimate of drug-likeness (QED) is 0.911. The molecule has 1 saturated heterocycles. The minimum absolute atomic E-state index is 0.0818. The van der Waals surface area contributed by atoms with Gasteiger partial charge in [0.25, 0.3) is 0 Å². The number of rotatable bonds is 2. The Bertz CT molecular complexity index is 406. The van der Waals surface area contributed by atoms with Crippen molar-refractivity contribution < 1.29 is 9.84 Å². The molecule has 2 rings (SSSR count). The molecule has 17 heavy (non-hydrogen) atoms. The summed E-state index contributed by atoms with van der Waals surface area (Å²) in [5.41, 5.74) is 1.03. The van der Waals surface area contributed by atoms with Gasteiger partial charge in [0.1, 0.15) is 5.75 Å². The summed E-state index contributed by atoms with van der Waals surface area (Å²) >= 11 is 3.52. The van der Waals surface area contributed by atoms with Crippen LogP contribution in [0.25, 0.3) is 0 Å². The molecule has 3 nitrogen and oxygen atoms in total. The minimum Gasteiger partial charge on any atom is -0.508 e. The minimum atomic E-state index is -0.0818. The molecule has 1 aliphatic rings. The lowest BCUT2D eigenvalue weighted by atomic mass is 10.1. The highest BCUT2D eigenvalue weighted by molar-refractivity contribution is 9.10. The summed E-state index contributed by atoms with van der Waals surface area (Å²) in [5.74, 6) is 0.315. The van der Waals surface area contributed by atoms with E-state index >= 15 is 0 Å².